The minimum Gasteiger partial charge on any atom is -0.497 e. The molecule has 0 saturated carbocycles. The molecule has 0 aliphatic heterocycles. The second-order valence-corrected chi connectivity index (χ2v) is 6.89. The number of carbonyl (C=O) groups is 1. The second kappa shape index (κ2) is 8.15. The van der Waals surface area contributed by atoms with E-state index in [1.165, 1.54) is 16.3 Å². The summed E-state index contributed by atoms with van der Waals surface area (Å²) in [6, 6.07) is 16.2. The first-order valence-corrected chi connectivity index (χ1v) is 9.60. The van der Waals surface area contributed by atoms with Crippen molar-refractivity contribution in [2.45, 2.75) is 5.16 Å². The third-order valence-corrected chi connectivity index (χ3v) is 4.93. The third-order valence-electron chi connectivity index (χ3n) is 4.01. The number of methoxy groups -OCH3 is 1. The molecule has 0 aliphatic rings. The molecule has 0 bridgehead atoms. The molecule has 0 aliphatic carbocycles. The number of nitrogens with zero attached hydrogens (tertiary/aromatic N) is 4. The predicted molar refractivity (Wildman–Crippen MR) is 109 cm³/mol. The van der Waals surface area contributed by atoms with Crippen molar-refractivity contribution in [3.63, 3.8) is 0 Å². The van der Waals surface area contributed by atoms with Crippen LogP contribution in [0.15, 0.2) is 64.5 Å². The first kappa shape index (κ1) is 18.7. The molecular weight excluding hydrogens is 392 g/mol. The Labute approximate surface area is 169 Å². The lowest BCUT2D eigenvalue weighted by atomic mass is 10.1. The molecule has 2 heterocycles. The highest BCUT2D eigenvalue weighted by atomic mass is 32.2. The standard InChI is InChI=1S/C19H16N6O3S/c1-28-14-9-7-12(8-10-14)16-17(27)21-18-22-23-19(25(18)24-16)29-11-15(26)20-13-5-3-2-4-6-13/h2-10H,11H2,1H3,(H,20,26)(H,21,22,27). The van der Waals surface area contributed by atoms with Crippen LogP contribution in [0.2, 0.25) is 0 Å². The number of ether oxygens (including phenoxy) is 1. The van der Waals surface area contributed by atoms with E-state index in [-0.39, 0.29) is 28.7 Å². The molecule has 146 valence electrons. The van der Waals surface area contributed by atoms with Gasteiger partial charge in [-0.1, -0.05) is 30.0 Å². The van der Waals surface area contributed by atoms with Gasteiger partial charge < -0.3 is 10.1 Å². The van der Waals surface area contributed by atoms with Crippen LogP contribution in [0.5, 0.6) is 5.75 Å². The summed E-state index contributed by atoms with van der Waals surface area (Å²) in [5, 5.41) is 15.5. The topological polar surface area (TPSA) is 114 Å². The van der Waals surface area contributed by atoms with Crippen LogP contribution < -0.4 is 15.6 Å². The normalized spacial score (nSPS) is 10.8. The monoisotopic (exact) mass is 408 g/mol. The fraction of sp³-hybridized carbons (Fsp3) is 0.105. The minimum absolute atomic E-state index is 0.119. The highest BCUT2D eigenvalue weighted by molar-refractivity contribution is 7.99. The molecule has 0 spiro atoms. The summed E-state index contributed by atoms with van der Waals surface area (Å²) >= 11 is 1.17. The Morgan fingerprint density at radius 3 is 2.62 bits per heavy atom. The first-order valence-electron chi connectivity index (χ1n) is 8.62. The van der Waals surface area contributed by atoms with Crippen LogP contribution in [0.4, 0.5) is 5.69 Å². The highest BCUT2D eigenvalue weighted by Gasteiger charge is 2.14. The van der Waals surface area contributed by atoms with Crippen molar-refractivity contribution >= 4 is 29.1 Å². The molecule has 10 heteroatoms. The fourth-order valence-corrected chi connectivity index (χ4v) is 3.30. The number of thioether (sulfide) groups is 1. The van der Waals surface area contributed by atoms with Crippen LogP contribution in [0.1, 0.15) is 0 Å². The number of carbonyl (C=O) groups excluding carboxylic acids is 1. The van der Waals surface area contributed by atoms with Crippen molar-refractivity contribution in [1.82, 2.24) is 24.8 Å². The maximum absolute atomic E-state index is 12.4. The number of amides is 1. The van der Waals surface area contributed by atoms with Crippen molar-refractivity contribution in [1.29, 1.82) is 0 Å². The average Bonchev–Trinajstić information content (AvgIpc) is 3.14. The maximum Gasteiger partial charge on any atom is 0.279 e. The van der Waals surface area contributed by atoms with Crippen LogP contribution in [0, 0.1) is 0 Å². The average molecular weight is 408 g/mol. The van der Waals surface area contributed by atoms with Crippen LogP contribution in [-0.4, -0.2) is 43.6 Å². The van der Waals surface area contributed by atoms with Crippen molar-refractivity contribution in [2.24, 2.45) is 0 Å². The smallest absolute Gasteiger partial charge is 0.279 e. The van der Waals surface area contributed by atoms with Crippen molar-refractivity contribution < 1.29 is 9.53 Å². The summed E-state index contributed by atoms with van der Waals surface area (Å²) in [6.07, 6.45) is 0. The van der Waals surface area contributed by atoms with Crippen LogP contribution >= 0.6 is 11.8 Å². The number of rotatable bonds is 6. The van der Waals surface area contributed by atoms with Crippen molar-refractivity contribution in [3.8, 4) is 17.0 Å². The molecule has 2 aromatic heterocycles. The number of nitrogens with one attached hydrogen (secondary N) is 2. The predicted octanol–water partition coefficient (Wildman–Crippen LogP) is 2.22. The minimum atomic E-state index is -0.381. The number of fused-ring (bicyclic) bond motifs is 1. The van der Waals surface area contributed by atoms with Crippen molar-refractivity contribution in [2.75, 3.05) is 18.2 Å². The molecule has 2 N–H and O–H groups in total. The van der Waals surface area contributed by atoms with E-state index in [1.54, 1.807) is 31.4 Å². The fourth-order valence-electron chi connectivity index (χ4n) is 2.62. The Bertz CT molecular complexity index is 1200. The zero-order chi connectivity index (χ0) is 20.2. The van der Waals surface area contributed by atoms with Crippen molar-refractivity contribution in [3.05, 3.63) is 65.0 Å². The maximum atomic E-state index is 12.4. The van der Waals surface area contributed by atoms with Gasteiger partial charge in [-0.05, 0) is 36.4 Å². The first-order chi connectivity index (χ1) is 14.1. The number of aromatic amines is 1. The zero-order valence-corrected chi connectivity index (χ0v) is 16.1. The number of hydrogen-bond acceptors (Lipinski definition) is 7. The number of para-hydroxylation sites is 1. The SMILES string of the molecule is COc1ccc(-c2nn3c(SCC(=O)Nc4ccccc4)nnc3[nH]c2=O)cc1. The third kappa shape index (κ3) is 4.11. The van der Waals surface area contributed by atoms with E-state index in [2.05, 4.69) is 25.6 Å². The number of benzene rings is 2. The molecule has 0 radical (unpaired) electrons. The van der Waals surface area contributed by atoms with Gasteiger partial charge in [-0.3, -0.25) is 14.6 Å². The lowest BCUT2D eigenvalue weighted by molar-refractivity contribution is -0.113. The second-order valence-electron chi connectivity index (χ2n) is 5.95. The molecule has 0 fully saturated rings. The Morgan fingerprint density at radius 1 is 1.14 bits per heavy atom. The molecule has 4 rings (SSSR count). The molecule has 4 aromatic rings. The Morgan fingerprint density at radius 2 is 1.90 bits per heavy atom. The van der Waals surface area contributed by atoms with Gasteiger partial charge in [-0.25, -0.2) is 0 Å². The Kier molecular flexibility index (Phi) is 5.25. The van der Waals surface area contributed by atoms with Gasteiger partial charge in [0.05, 0.1) is 12.9 Å². The molecule has 0 saturated heterocycles. The summed E-state index contributed by atoms with van der Waals surface area (Å²) in [5.41, 5.74) is 1.18. The largest absolute Gasteiger partial charge is 0.497 e. The Balaban J connectivity index is 1.55. The molecule has 29 heavy (non-hydrogen) atoms. The van der Waals surface area contributed by atoms with Gasteiger partial charge in [-0.2, -0.15) is 9.61 Å². The van der Waals surface area contributed by atoms with Gasteiger partial charge in [0.15, 0.2) is 5.69 Å². The number of aromatic nitrogens is 5. The zero-order valence-electron chi connectivity index (χ0n) is 15.3. The highest BCUT2D eigenvalue weighted by Crippen LogP contribution is 2.20. The Hall–Kier alpha value is -3.66. The van der Waals surface area contributed by atoms with Gasteiger partial charge in [0.2, 0.25) is 11.1 Å². The molecular formula is C19H16N6O3S. The summed E-state index contributed by atoms with van der Waals surface area (Å²) < 4.78 is 6.55. The summed E-state index contributed by atoms with van der Waals surface area (Å²) in [6.45, 7) is 0. The molecule has 0 atom stereocenters. The molecule has 1 amide bonds. The van der Waals surface area contributed by atoms with E-state index >= 15 is 0 Å². The van der Waals surface area contributed by atoms with E-state index in [4.69, 9.17) is 4.74 Å². The van der Waals surface area contributed by atoms with Gasteiger partial charge in [0, 0.05) is 11.3 Å². The quantitative estimate of drug-likeness (QED) is 0.470. The van der Waals surface area contributed by atoms with Crippen LogP contribution in [0.25, 0.3) is 17.0 Å². The van der Waals surface area contributed by atoms with Gasteiger partial charge >= 0.3 is 0 Å². The van der Waals surface area contributed by atoms with E-state index in [1.807, 2.05) is 30.3 Å². The summed E-state index contributed by atoms with van der Waals surface area (Å²) in [7, 11) is 1.57. The van der Waals surface area contributed by atoms with E-state index in [0.717, 1.165) is 0 Å². The summed E-state index contributed by atoms with van der Waals surface area (Å²) in [4.78, 5) is 27.2. The van der Waals surface area contributed by atoms with Gasteiger partial charge in [-0.15, -0.1) is 10.2 Å². The lowest BCUT2D eigenvalue weighted by Gasteiger charge is -2.05. The number of anilines is 1. The lowest BCUT2D eigenvalue weighted by Crippen LogP contribution is -2.16. The molecule has 0 unspecified atom stereocenters. The molecule has 2 aromatic carbocycles. The van der Waals surface area contributed by atoms with E-state index < -0.39 is 0 Å². The van der Waals surface area contributed by atoms with Crippen LogP contribution in [-0.2, 0) is 4.79 Å². The summed E-state index contributed by atoms with van der Waals surface area (Å²) in [5.74, 6) is 0.821. The van der Waals surface area contributed by atoms with Gasteiger partial charge in [0.1, 0.15) is 5.75 Å². The number of hydrogen-bond donors (Lipinski definition) is 2. The van der Waals surface area contributed by atoms with E-state index in [0.29, 0.717) is 22.2 Å². The molecule has 9 nitrogen and oxygen atoms in total. The van der Waals surface area contributed by atoms with E-state index in [9.17, 15) is 9.59 Å². The van der Waals surface area contributed by atoms with Crippen LogP contribution in [0.3, 0.4) is 0 Å². The number of H-pyrrole nitrogens is 1. The van der Waals surface area contributed by atoms with Gasteiger partial charge in [0.25, 0.3) is 11.3 Å².